The van der Waals surface area contributed by atoms with Crippen molar-refractivity contribution in [1.82, 2.24) is 9.88 Å². The van der Waals surface area contributed by atoms with Crippen molar-refractivity contribution in [2.45, 2.75) is 19.9 Å². The number of anilines is 1. The zero-order valence-electron chi connectivity index (χ0n) is 15.7. The average molecular weight is 371 g/mol. The zero-order valence-corrected chi connectivity index (χ0v) is 15.7. The minimum Gasteiger partial charge on any atom is -0.333 e. The maximum atomic E-state index is 12.9. The summed E-state index contributed by atoms with van der Waals surface area (Å²) >= 11 is 0. The molecule has 0 saturated heterocycles. The molecule has 0 radical (unpaired) electrons. The zero-order chi connectivity index (χ0) is 19.5. The molecule has 3 aromatic rings. The first-order valence-electron chi connectivity index (χ1n) is 9.30. The van der Waals surface area contributed by atoms with Crippen LogP contribution in [0.3, 0.4) is 0 Å². The van der Waals surface area contributed by atoms with Gasteiger partial charge >= 0.3 is 0 Å². The van der Waals surface area contributed by atoms with Gasteiger partial charge in [-0.1, -0.05) is 36.4 Å². The standard InChI is InChI=1S/C23H21N3O2/c1-16-5-4-8-20(13-16)25-22(27)18-9-11-24-21(14-18)23(28)26-12-10-17-6-2-3-7-19(17)15-26/h2-9,11,13-14H,10,12,15H2,1H3,(H,25,27). The Bertz CT molecular complexity index is 1050. The summed E-state index contributed by atoms with van der Waals surface area (Å²) in [7, 11) is 0. The van der Waals surface area contributed by atoms with Crippen LogP contribution in [0.2, 0.25) is 0 Å². The second kappa shape index (κ2) is 7.64. The minimum atomic E-state index is -0.258. The topological polar surface area (TPSA) is 62.3 Å². The molecule has 0 saturated carbocycles. The number of fused-ring (bicyclic) bond motifs is 1. The van der Waals surface area contributed by atoms with Gasteiger partial charge in [-0.25, -0.2) is 0 Å². The van der Waals surface area contributed by atoms with Crippen LogP contribution < -0.4 is 5.32 Å². The third-order valence-electron chi connectivity index (χ3n) is 4.94. The second-order valence-electron chi connectivity index (χ2n) is 7.00. The van der Waals surface area contributed by atoms with Gasteiger partial charge in [0.15, 0.2) is 0 Å². The Morgan fingerprint density at radius 3 is 2.64 bits per heavy atom. The van der Waals surface area contributed by atoms with Crippen molar-refractivity contribution >= 4 is 17.5 Å². The molecule has 140 valence electrons. The number of hydrogen-bond donors (Lipinski definition) is 1. The molecule has 1 N–H and O–H groups in total. The fourth-order valence-corrected chi connectivity index (χ4v) is 3.45. The van der Waals surface area contributed by atoms with Crippen molar-refractivity contribution in [1.29, 1.82) is 0 Å². The fraction of sp³-hybridized carbons (Fsp3) is 0.174. The number of amides is 2. The van der Waals surface area contributed by atoms with Crippen LogP contribution in [0.25, 0.3) is 0 Å². The van der Waals surface area contributed by atoms with Gasteiger partial charge in [-0.15, -0.1) is 0 Å². The van der Waals surface area contributed by atoms with Crippen molar-refractivity contribution in [2.75, 3.05) is 11.9 Å². The number of rotatable bonds is 3. The molecule has 4 rings (SSSR count). The van der Waals surface area contributed by atoms with E-state index in [1.54, 1.807) is 17.0 Å². The second-order valence-corrected chi connectivity index (χ2v) is 7.00. The minimum absolute atomic E-state index is 0.153. The number of carbonyl (C=O) groups is 2. The Hall–Kier alpha value is -3.47. The van der Waals surface area contributed by atoms with Crippen LogP contribution in [-0.4, -0.2) is 28.2 Å². The summed E-state index contributed by atoms with van der Waals surface area (Å²) < 4.78 is 0. The van der Waals surface area contributed by atoms with E-state index in [0.29, 0.717) is 18.7 Å². The van der Waals surface area contributed by atoms with Gasteiger partial charge in [0.2, 0.25) is 0 Å². The molecule has 2 aromatic carbocycles. The number of aryl methyl sites for hydroxylation is 1. The van der Waals surface area contributed by atoms with Gasteiger partial charge in [-0.3, -0.25) is 14.6 Å². The van der Waals surface area contributed by atoms with E-state index in [0.717, 1.165) is 23.2 Å². The van der Waals surface area contributed by atoms with Crippen molar-refractivity contribution in [3.63, 3.8) is 0 Å². The molecule has 5 heteroatoms. The number of hydrogen-bond acceptors (Lipinski definition) is 3. The largest absolute Gasteiger partial charge is 0.333 e. The third kappa shape index (κ3) is 3.78. The first kappa shape index (κ1) is 17.9. The number of aromatic nitrogens is 1. The summed E-state index contributed by atoms with van der Waals surface area (Å²) in [4.78, 5) is 31.5. The van der Waals surface area contributed by atoms with Crippen molar-refractivity contribution < 1.29 is 9.59 Å². The number of benzene rings is 2. The summed E-state index contributed by atoms with van der Waals surface area (Å²) in [5.74, 6) is -0.411. The van der Waals surface area contributed by atoms with E-state index in [2.05, 4.69) is 16.4 Å². The molecule has 5 nitrogen and oxygen atoms in total. The van der Waals surface area contributed by atoms with Gasteiger partial charge in [-0.05, 0) is 54.3 Å². The Morgan fingerprint density at radius 1 is 1.00 bits per heavy atom. The highest BCUT2D eigenvalue weighted by Crippen LogP contribution is 2.20. The molecule has 2 heterocycles. The molecule has 28 heavy (non-hydrogen) atoms. The highest BCUT2D eigenvalue weighted by atomic mass is 16.2. The van der Waals surface area contributed by atoms with Gasteiger partial charge in [0.05, 0.1) is 0 Å². The first-order valence-corrected chi connectivity index (χ1v) is 9.30. The lowest BCUT2D eigenvalue weighted by Crippen LogP contribution is -2.36. The SMILES string of the molecule is Cc1cccc(NC(=O)c2ccnc(C(=O)N3CCc4ccccc4C3)c2)c1. The quantitative estimate of drug-likeness (QED) is 0.761. The summed E-state index contributed by atoms with van der Waals surface area (Å²) in [5.41, 5.74) is 4.94. The number of pyridine rings is 1. The van der Waals surface area contributed by atoms with Crippen LogP contribution in [0.1, 0.15) is 37.5 Å². The molecule has 2 amide bonds. The monoisotopic (exact) mass is 371 g/mol. The van der Waals surface area contributed by atoms with Crippen LogP contribution in [0.15, 0.2) is 66.9 Å². The number of nitrogens with one attached hydrogen (secondary N) is 1. The molecule has 0 atom stereocenters. The van der Waals surface area contributed by atoms with E-state index < -0.39 is 0 Å². The van der Waals surface area contributed by atoms with E-state index >= 15 is 0 Å². The third-order valence-corrected chi connectivity index (χ3v) is 4.94. The summed E-state index contributed by atoms with van der Waals surface area (Å²) in [5, 5.41) is 2.87. The Labute approximate surface area is 164 Å². The lowest BCUT2D eigenvalue weighted by Gasteiger charge is -2.28. The van der Waals surface area contributed by atoms with Gasteiger partial charge in [0.1, 0.15) is 5.69 Å². The Kier molecular flexibility index (Phi) is 4.89. The average Bonchev–Trinajstić information content (AvgIpc) is 2.73. The van der Waals surface area contributed by atoms with Crippen LogP contribution in [-0.2, 0) is 13.0 Å². The van der Waals surface area contributed by atoms with Gasteiger partial charge < -0.3 is 10.2 Å². The van der Waals surface area contributed by atoms with Gasteiger partial charge in [-0.2, -0.15) is 0 Å². The molecule has 0 spiro atoms. The molecular formula is C23H21N3O2. The lowest BCUT2D eigenvalue weighted by molar-refractivity contribution is 0.0728. The van der Waals surface area contributed by atoms with Gasteiger partial charge in [0.25, 0.3) is 11.8 Å². The summed E-state index contributed by atoms with van der Waals surface area (Å²) in [6.07, 6.45) is 2.34. The van der Waals surface area contributed by atoms with E-state index in [-0.39, 0.29) is 17.5 Å². The van der Waals surface area contributed by atoms with E-state index in [1.807, 2.05) is 49.4 Å². The molecule has 0 aliphatic carbocycles. The van der Waals surface area contributed by atoms with Crippen molar-refractivity contribution in [3.05, 3.63) is 94.8 Å². The Morgan fingerprint density at radius 2 is 1.82 bits per heavy atom. The molecule has 0 bridgehead atoms. The van der Waals surface area contributed by atoms with Crippen LogP contribution in [0.4, 0.5) is 5.69 Å². The van der Waals surface area contributed by atoms with Crippen LogP contribution in [0, 0.1) is 6.92 Å². The van der Waals surface area contributed by atoms with E-state index in [9.17, 15) is 9.59 Å². The predicted octanol–water partition coefficient (Wildman–Crippen LogP) is 3.84. The number of nitrogens with zero attached hydrogens (tertiary/aromatic N) is 2. The molecule has 0 fully saturated rings. The molecule has 1 aliphatic rings. The Balaban J connectivity index is 1.50. The highest BCUT2D eigenvalue weighted by molar-refractivity contribution is 6.05. The number of carbonyl (C=O) groups excluding carboxylic acids is 2. The van der Waals surface area contributed by atoms with Crippen LogP contribution in [0.5, 0.6) is 0 Å². The van der Waals surface area contributed by atoms with Gasteiger partial charge in [0, 0.05) is 30.5 Å². The molecule has 1 aliphatic heterocycles. The van der Waals surface area contributed by atoms with Crippen molar-refractivity contribution in [2.24, 2.45) is 0 Å². The normalized spacial score (nSPS) is 13.0. The fourth-order valence-electron chi connectivity index (χ4n) is 3.45. The molecular weight excluding hydrogens is 350 g/mol. The molecule has 0 unspecified atom stereocenters. The maximum absolute atomic E-state index is 12.9. The maximum Gasteiger partial charge on any atom is 0.272 e. The van der Waals surface area contributed by atoms with E-state index in [4.69, 9.17) is 0 Å². The summed E-state index contributed by atoms with van der Waals surface area (Å²) in [6, 6.07) is 18.9. The van der Waals surface area contributed by atoms with Crippen LogP contribution >= 0.6 is 0 Å². The lowest BCUT2D eigenvalue weighted by atomic mass is 9.99. The van der Waals surface area contributed by atoms with Crippen molar-refractivity contribution in [3.8, 4) is 0 Å². The smallest absolute Gasteiger partial charge is 0.272 e. The van der Waals surface area contributed by atoms with E-state index in [1.165, 1.54) is 11.8 Å². The predicted molar refractivity (Wildman–Crippen MR) is 108 cm³/mol. The molecule has 1 aromatic heterocycles. The first-order chi connectivity index (χ1) is 13.6. The highest BCUT2D eigenvalue weighted by Gasteiger charge is 2.23. The summed E-state index contributed by atoms with van der Waals surface area (Å²) in [6.45, 7) is 3.18.